The van der Waals surface area contributed by atoms with Crippen LogP contribution in [-0.2, 0) is 4.79 Å². The van der Waals surface area contributed by atoms with Gasteiger partial charge in [0.1, 0.15) is 11.3 Å². The molecular formula is C24H22N2O3. The molecule has 1 aromatic heterocycles. The van der Waals surface area contributed by atoms with Crippen LogP contribution in [0, 0.1) is 0 Å². The second-order valence-corrected chi connectivity index (χ2v) is 7.13. The first-order chi connectivity index (χ1) is 14.1. The number of benzene rings is 3. The smallest absolute Gasteiger partial charge is 0.262 e. The van der Waals surface area contributed by atoms with E-state index >= 15 is 0 Å². The van der Waals surface area contributed by atoms with E-state index < -0.39 is 0 Å². The van der Waals surface area contributed by atoms with Crippen LogP contribution in [-0.4, -0.2) is 17.5 Å². The molecule has 1 heterocycles. The molecule has 1 amide bonds. The zero-order chi connectivity index (χ0) is 20.2. The van der Waals surface area contributed by atoms with Gasteiger partial charge in [0.15, 0.2) is 12.2 Å². The molecule has 0 atom stereocenters. The Bertz CT molecular complexity index is 1100. The van der Waals surface area contributed by atoms with Crippen LogP contribution in [0.1, 0.15) is 25.3 Å². The third-order valence-electron chi connectivity index (χ3n) is 4.60. The maximum atomic E-state index is 12.3. The molecule has 5 nitrogen and oxygen atoms in total. The van der Waals surface area contributed by atoms with Gasteiger partial charge in [-0.3, -0.25) is 4.79 Å². The number of para-hydroxylation sites is 2. The van der Waals surface area contributed by atoms with Gasteiger partial charge in [-0.05, 0) is 53.9 Å². The topological polar surface area (TPSA) is 64.4 Å². The van der Waals surface area contributed by atoms with Crippen molar-refractivity contribution < 1.29 is 13.9 Å². The van der Waals surface area contributed by atoms with Crippen molar-refractivity contribution in [2.45, 2.75) is 19.8 Å². The van der Waals surface area contributed by atoms with Crippen LogP contribution >= 0.6 is 0 Å². The number of carbonyl (C=O) groups excluding carboxylic acids is 1. The summed E-state index contributed by atoms with van der Waals surface area (Å²) in [6.45, 7) is 4.21. The standard InChI is InChI=1S/C24H22N2O3/c1-16(2)17-10-12-20(13-11-17)28-15-23(27)25-19-7-5-6-18(14-19)24-26-21-8-3-4-9-22(21)29-24/h3-14,16H,15H2,1-2H3,(H,25,27). The number of nitrogens with one attached hydrogen (secondary N) is 1. The average molecular weight is 386 g/mol. The molecule has 0 unspecified atom stereocenters. The maximum Gasteiger partial charge on any atom is 0.262 e. The maximum absolute atomic E-state index is 12.3. The number of amides is 1. The fourth-order valence-corrected chi connectivity index (χ4v) is 3.02. The summed E-state index contributed by atoms with van der Waals surface area (Å²) >= 11 is 0. The second kappa shape index (κ2) is 8.19. The van der Waals surface area contributed by atoms with E-state index in [1.807, 2.05) is 72.8 Å². The third-order valence-corrected chi connectivity index (χ3v) is 4.60. The average Bonchev–Trinajstić information content (AvgIpc) is 3.17. The van der Waals surface area contributed by atoms with Crippen molar-refractivity contribution in [2.24, 2.45) is 0 Å². The predicted molar refractivity (Wildman–Crippen MR) is 114 cm³/mol. The summed E-state index contributed by atoms with van der Waals surface area (Å²) in [6.07, 6.45) is 0. The van der Waals surface area contributed by atoms with Crippen LogP contribution in [0.5, 0.6) is 5.75 Å². The molecule has 0 aliphatic rings. The van der Waals surface area contributed by atoms with E-state index in [4.69, 9.17) is 9.15 Å². The van der Waals surface area contributed by atoms with Gasteiger partial charge in [0.25, 0.3) is 5.91 Å². The van der Waals surface area contributed by atoms with Gasteiger partial charge in [-0.25, -0.2) is 4.98 Å². The molecule has 0 spiro atoms. The van der Waals surface area contributed by atoms with Crippen LogP contribution in [0.15, 0.2) is 77.2 Å². The van der Waals surface area contributed by atoms with Crippen molar-refractivity contribution in [3.8, 4) is 17.2 Å². The lowest BCUT2D eigenvalue weighted by Gasteiger charge is -2.10. The Kier molecular flexibility index (Phi) is 5.29. The molecule has 5 heteroatoms. The number of hydrogen-bond acceptors (Lipinski definition) is 4. The van der Waals surface area contributed by atoms with E-state index in [-0.39, 0.29) is 12.5 Å². The first kappa shape index (κ1) is 18.7. The minimum absolute atomic E-state index is 0.0614. The van der Waals surface area contributed by atoms with Crippen molar-refractivity contribution >= 4 is 22.7 Å². The Hall–Kier alpha value is -3.60. The van der Waals surface area contributed by atoms with Gasteiger partial charge in [-0.15, -0.1) is 0 Å². The highest BCUT2D eigenvalue weighted by molar-refractivity contribution is 5.92. The summed E-state index contributed by atoms with van der Waals surface area (Å²) in [5, 5.41) is 2.85. The fourth-order valence-electron chi connectivity index (χ4n) is 3.02. The van der Waals surface area contributed by atoms with Crippen LogP contribution in [0.3, 0.4) is 0 Å². The Labute approximate surface area is 169 Å². The summed E-state index contributed by atoms with van der Waals surface area (Å²) < 4.78 is 11.4. The Morgan fingerprint density at radius 3 is 2.59 bits per heavy atom. The van der Waals surface area contributed by atoms with Crippen LogP contribution in [0.2, 0.25) is 0 Å². The number of fused-ring (bicyclic) bond motifs is 1. The molecule has 0 fully saturated rings. The number of oxazole rings is 1. The lowest BCUT2D eigenvalue weighted by Crippen LogP contribution is -2.20. The summed E-state index contributed by atoms with van der Waals surface area (Å²) in [6, 6.07) is 22.8. The highest BCUT2D eigenvalue weighted by atomic mass is 16.5. The predicted octanol–water partition coefficient (Wildman–Crippen LogP) is 5.64. The largest absolute Gasteiger partial charge is 0.484 e. The number of carbonyl (C=O) groups is 1. The van der Waals surface area contributed by atoms with Crippen molar-refractivity contribution in [3.05, 3.63) is 78.4 Å². The van der Waals surface area contributed by atoms with Gasteiger partial charge in [0.05, 0.1) is 0 Å². The quantitative estimate of drug-likeness (QED) is 0.466. The number of nitrogens with zero attached hydrogens (tertiary/aromatic N) is 1. The monoisotopic (exact) mass is 386 g/mol. The zero-order valence-electron chi connectivity index (χ0n) is 16.4. The molecule has 4 aromatic rings. The molecule has 0 saturated heterocycles. The molecule has 3 aromatic carbocycles. The van der Waals surface area contributed by atoms with Crippen LogP contribution < -0.4 is 10.1 Å². The second-order valence-electron chi connectivity index (χ2n) is 7.13. The van der Waals surface area contributed by atoms with Crippen LogP contribution in [0.4, 0.5) is 5.69 Å². The van der Waals surface area contributed by atoms with Gasteiger partial charge in [0.2, 0.25) is 5.89 Å². The van der Waals surface area contributed by atoms with E-state index in [1.54, 1.807) is 0 Å². The fraction of sp³-hybridized carbons (Fsp3) is 0.167. The number of anilines is 1. The van der Waals surface area contributed by atoms with Gasteiger partial charge < -0.3 is 14.5 Å². The molecule has 0 saturated carbocycles. The molecule has 146 valence electrons. The minimum atomic E-state index is -0.229. The van der Waals surface area contributed by atoms with Gasteiger partial charge in [0, 0.05) is 11.3 Å². The van der Waals surface area contributed by atoms with Gasteiger partial charge >= 0.3 is 0 Å². The van der Waals surface area contributed by atoms with E-state index in [1.165, 1.54) is 5.56 Å². The minimum Gasteiger partial charge on any atom is -0.484 e. The van der Waals surface area contributed by atoms with E-state index in [0.717, 1.165) is 16.7 Å². The number of aromatic nitrogens is 1. The Morgan fingerprint density at radius 1 is 1.03 bits per heavy atom. The molecule has 1 N–H and O–H groups in total. The normalized spacial score (nSPS) is 11.0. The first-order valence-electron chi connectivity index (χ1n) is 9.57. The molecular weight excluding hydrogens is 364 g/mol. The molecule has 0 aliphatic carbocycles. The summed E-state index contributed by atoms with van der Waals surface area (Å²) in [7, 11) is 0. The summed E-state index contributed by atoms with van der Waals surface area (Å²) in [5.41, 5.74) is 4.22. The molecule has 29 heavy (non-hydrogen) atoms. The lowest BCUT2D eigenvalue weighted by molar-refractivity contribution is -0.118. The lowest BCUT2D eigenvalue weighted by atomic mass is 10.0. The first-order valence-corrected chi connectivity index (χ1v) is 9.57. The van der Waals surface area contributed by atoms with E-state index in [0.29, 0.717) is 23.2 Å². The van der Waals surface area contributed by atoms with Crippen LogP contribution in [0.25, 0.3) is 22.6 Å². The Morgan fingerprint density at radius 2 is 1.83 bits per heavy atom. The van der Waals surface area contributed by atoms with Crippen molar-refractivity contribution in [1.29, 1.82) is 0 Å². The Balaban J connectivity index is 1.40. The van der Waals surface area contributed by atoms with Crippen molar-refractivity contribution in [1.82, 2.24) is 4.98 Å². The number of rotatable bonds is 6. The molecule has 0 bridgehead atoms. The van der Waals surface area contributed by atoms with E-state index in [9.17, 15) is 4.79 Å². The molecule has 0 radical (unpaired) electrons. The summed E-state index contributed by atoms with van der Waals surface area (Å²) in [5.74, 6) is 1.42. The van der Waals surface area contributed by atoms with Crippen molar-refractivity contribution in [3.63, 3.8) is 0 Å². The van der Waals surface area contributed by atoms with E-state index in [2.05, 4.69) is 24.1 Å². The third kappa shape index (κ3) is 4.46. The zero-order valence-corrected chi connectivity index (χ0v) is 16.4. The van der Waals surface area contributed by atoms with Gasteiger partial charge in [-0.1, -0.05) is 44.2 Å². The van der Waals surface area contributed by atoms with Gasteiger partial charge in [-0.2, -0.15) is 0 Å². The highest BCUT2D eigenvalue weighted by Gasteiger charge is 2.10. The highest BCUT2D eigenvalue weighted by Crippen LogP contribution is 2.26. The summed E-state index contributed by atoms with van der Waals surface area (Å²) in [4.78, 5) is 16.8. The number of ether oxygens (including phenoxy) is 1. The van der Waals surface area contributed by atoms with Crippen molar-refractivity contribution in [2.75, 3.05) is 11.9 Å². The molecule has 4 rings (SSSR count). The number of hydrogen-bond donors (Lipinski definition) is 1. The SMILES string of the molecule is CC(C)c1ccc(OCC(=O)Nc2cccc(-c3nc4ccccc4o3)c2)cc1. The molecule has 0 aliphatic heterocycles.